The zero-order valence-electron chi connectivity index (χ0n) is 10.7. The molecule has 2 rings (SSSR count). The van der Waals surface area contributed by atoms with Gasteiger partial charge in [-0.05, 0) is 38.8 Å². The van der Waals surface area contributed by atoms with Gasteiger partial charge in [-0.25, -0.2) is 8.78 Å². The fourth-order valence-electron chi connectivity index (χ4n) is 3.06. The Morgan fingerprint density at radius 1 is 0.882 bits per heavy atom. The Morgan fingerprint density at radius 2 is 1.29 bits per heavy atom. The van der Waals surface area contributed by atoms with Crippen molar-refractivity contribution in [3.8, 4) is 0 Å². The van der Waals surface area contributed by atoms with Gasteiger partial charge in [0.1, 0.15) is 0 Å². The van der Waals surface area contributed by atoms with E-state index in [2.05, 4.69) is 5.32 Å². The van der Waals surface area contributed by atoms with Gasteiger partial charge in [0.2, 0.25) is 0 Å². The number of likely N-dealkylation sites (tertiary alicyclic amines) is 2. The minimum absolute atomic E-state index is 0.0688. The Balaban J connectivity index is 1.92. The average Bonchev–Trinajstić information content (AvgIpc) is 2.83. The van der Waals surface area contributed by atoms with Crippen LogP contribution < -0.4 is 5.32 Å². The highest BCUT2D eigenvalue weighted by Crippen LogP contribution is 2.27. The van der Waals surface area contributed by atoms with Crippen LogP contribution in [0.3, 0.4) is 0 Å². The number of hydrogen-bond acceptors (Lipinski definition) is 3. The van der Waals surface area contributed by atoms with Crippen molar-refractivity contribution in [2.45, 2.75) is 64.5 Å². The SMILES string of the molecule is CCN1C(F)CCC1NC1CCC(F)N1CC. The van der Waals surface area contributed by atoms with Crippen molar-refractivity contribution in [3.05, 3.63) is 0 Å². The molecule has 0 aromatic heterocycles. The average molecular weight is 247 g/mol. The van der Waals surface area contributed by atoms with Gasteiger partial charge < -0.3 is 0 Å². The van der Waals surface area contributed by atoms with E-state index < -0.39 is 12.6 Å². The van der Waals surface area contributed by atoms with Gasteiger partial charge in [0.25, 0.3) is 0 Å². The normalized spacial score (nSPS) is 40.2. The maximum atomic E-state index is 13.6. The van der Waals surface area contributed by atoms with Crippen molar-refractivity contribution >= 4 is 0 Å². The number of rotatable bonds is 4. The quantitative estimate of drug-likeness (QED) is 0.767. The molecule has 0 aromatic rings. The molecule has 4 unspecified atom stereocenters. The van der Waals surface area contributed by atoms with E-state index in [4.69, 9.17) is 0 Å². The van der Waals surface area contributed by atoms with Crippen LogP contribution in [0.5, 0.6) is 0 Å². The van der Waals surface area contributed by atoms with E-state index in [1.165, 1.54) is 0 Å². The molecule has 1 N–H and O–H groups in total. The second-order valence-corrected chi connectivity index (χ2v) is 4.88. The number of hydrogen-bond donors (Lipinski definition) is 1. The summed E-state index contributed by atoms with van der Waals surface area (Å²) < 4.78 is 27.1. The Morgan fingerprint density at radius 3 is 1.65 bits per heavy atom. The molecule has 0 radical (unpaired) electrons. The molecular formula is C12H23F2N3. The molecule has 5 heteroatoms. The molecule has 0 saturated carbocycles. The molecule has 2 heterocycles. The molecule has 0 aromatic carbocycles. The second kappa shape index (κ2) is 5.59. The highest BCUT2D eigenvalue weighted by Gasteiger charge is 2.38. The van der Waals surface area contributed by atoms with Crippen LogP contribution in [0.2, 0.25) is 0 Å². The van der Waals surface area contributed by atoms with Crippen LogP contribution in [0.15, 0.2) is 0 Å². The molecule has 2 fully saturated rings. The van der Waals surface area contributed by atoms with Gasteiger partial charge in [-0.3, -0.25) is 15.1 Å². The molecule has 0 spiro atoms. The van der Waals surface area contributed by atoms with Crippen LogP contribution in [-0.2, 0) is 0 Å². The van der Waals surface area contributed by atoms with E-state index in [1.807, 2.05) is 23.6 Å². The summed E-state index contributed by atoms with van der Waals surface area (Å²) in [4.78, 5) is 3.67. The third kappa shape index (κ3) is 2.61. The largest absolute Gasteiger partial charge is 0.286 e. The van der Waals surface area contributed by atoms with E-state index in [-0.39, 0.29) is 12.3 Å². The third-order valence-electron chi connectivity index (χ3n) is 3.99. The molecule has 3 nitrogen and oxygen atoms in total. The summed E-state index contributed by atoms with van der Waals surface area (Å²) in [6.45, 7) is 5.35. The van der Waals surface area contributed by atoms with E-state index in [0.717, 1.165) is 12.8 Å². The summed E-state index contributed by atoms with van der Waals surface area (Å²) in [6, 6.07) is 0. The zero-order chi connectivity index (χ0) is 12.4. The van der Waals surface area contributed by atoms with E-state index in [0.29, 0.717) is 25.9 Å². The van der Waals surface area contributed by atoms with Crippen LogP contribution in [-0.4, -0.2) is 47.8 Å². The van der Waals surface area contributed by atoms with Crippen molar-refractivity contribution in [2.24, 2.45) is 0 Å². The lowest BCUT2D eigenvalue weighted by Gasteiger charge is -2.32. The number of alkyl halides is 2. The van der Waals surface area contributed by atoms with Crippen LogP contribution in [0.25, 0.3) is 0 Å². The Hall–Kier alpha value is -0.260. The second-order valence-electron chi connectivity index (χ2n) is 4.88. The van der Waals surface area contributed by atoms with Crippen molar-refractivity contribution in [1.29, 1.82) is 0 Å². The molecule has 2 saturated heterocycles. The lowest BCUT2D eigenvalue weighted by atomic mass is 10.3. The van der Waals surface area contributed by atoms with Crippen molar-refractivity contribution < 1.29 is 8.78 Å². The minimum Gasteiger partial charge on any atom is -0.286 e. The molecule has 2 aliphatic heterocycles. The maximum absolute atomic E-state index is 13.6. The first kappa shape index (κ1) is 13.2. The van der Waals surface area contributed by atoms with Gasteiger partial charge >= 0.3 is 0 Å². The van der Waals surface area contributed by atoms with E-state index in [9.17, 15) is 8.78 Å². The molecule has 4 atom stereocenters. The predicted molar refractivity (Wildman–Crippen MR) is 63.7 cm³/mol. The molecule has 0 bridgehead atoms. The van der Waals surface area contributed by atoms with Gasteiger partial charge in [0.15, 0.2) is 12.6 Å². The summed E-state index contributed by atoms with van der Waals surface area (Å²) in [7, 11) is 0. The third-order valence-corrected chi connectivity index (χ3v) is 3.99. The number of nitrogens with one attached hydrogen (secondary N) is 1. The molecule has 0 amide bonds. The lowest BCUT2D eigenvalue weighted by Crippen LogP contribution is -2.52. The molecule has 100 valence electrons. The summed E-state index contributed by atoms with van der Waals surface area (Å²) in [5.74, 6) is 0. The number of halogens is 2. The summed E-state index contributed by atoms with van der Waals surface area (Å²) in [6.07, 6.45) is 1.27. The smallest absolute Gasteiger partial charge is 0.154 e. The number of nitrogens with zero attached hydrogens (tertiary/aromatic N) is 2. The van der Waals surface area contributed by atoms with Gasteiger partial charge in [-0.2, -0.15) is 0 Å². The van der Waals surface area contributed by atoms with Gasteiger partial charge in [0, 0.05) is 0 Å². The Kier molecular flexibility index (Phi) is 4.33. The van der Waals surface area contributed by atoms with E-state index >= 15 is 0 Å². The molecular weight excluding hydrogens is 224 g/mol. The van der Waals surface area contributed by atoms with Crippen LogP contribution in [0.1, 0.15) is 39.5 Å². The molecule has 2 aliphatic rings. The van der Waals surface area contributed by atoms with Crippen molar-refractivity contribution in [2.75, 3.05) is 13.1 Å². The van der Waals surface area contributed by atoms with Gasteiger partial charge in [-0.1, -0.05) is 13.8 Å². The lowest BCUT2D eigenvalue weighted by molar-refractivity contribution is 0.0417. The van der Waals surface area contributed by atoms with Crippen LogP contribution >= 0.6 is 0 Å². The monoisotopic (exact) mass is 247 g/mol. The van der Waals surface area contributed by atoms with Crippen molar-refractivity contribution in [1.82, 2.24) is 15.1 Å². The van der Waals surface area contributed by atoms with Gasteiger partial charge in [0.05, 0.1) is 12.3 Å². The standard InChI is InChI=1S/C12H23F2N3/c1-3-16-9(13)5-7-11(16)15-12-8-6-10(14)17(12)4-2/h9-12,15H,3-8H2,1-2H3. The summed E-state index contributed by atoms with van der Waals surface area (Å²) >= 11 is 0. The first-order valence-corrected chi connectivity index (χ1v) is 6.73. The highest BCUT2D eigenvalue weighted by atomic mass is 19.1. The zero-order valence-corrected chi connectivity index (χ0v) is 10.7. The molecule has 17 heavy (non-hydrogen) atoms. The Bertz CT molecular complexity index is 228. The summed E-state index contributed by atoms with van der Waals surface area (Å²) in [5, 5.41) is 3.41. The fraction of sp³-hybridized carbons (Fsp3) is 1.00. The van der Waals surface area contributed by atoms with Crippen molar-refractivity contribution in [3.63, 3.8) is 0 Å². The first-order valence-electron chi connectivity index (χ1n) is 6.73. The minimum atomic E-state index is -0.838. The van der Waals surface area contributed by atoms with Gasteiger partial charge in [-0.15, -0.1) is 0 Å². The predicted octanol–water partition coefficient (Wildman–Crippen LogP) is 2.05. The highest BCUT2D eigenvalue weighted by molar-refractivity contribution is 4.86. The topological polar surface area (TPSA) is 18.5 Å². The van der Waals surface area contributed by atoms with Crippen LogP contribution in [0.4, 0.5) is 8.78 Å². The van der Waals surface area contributed by atoms with Crippen LogP contribution in [0, 0.1) is 0 Å². The first-order chi connectivity index (χ1) is 8.17. The van der Waals surface area contributed by atoms with E-state index in [1.54, 1.807) is 0 Å². The summed E-state index contributed by atoms with van der Waals surface area (Å²) in [5.41, 5.74) is 0. The fourth-order valence-corrected chi connectivity index (χ4v) is 3.06. The Labute approximate surface area is 102 Å². The maximum Gasteiger partial charge on any atom is 0.154 e. The molecule has 0 aliphatic carbocycles.